The molecule has 0 aliphatic rings. The van der Waals surface area contributed by atoms with Crippen LogP contribution in [0.1, 0.15) is 16.0 Å². The van der Waals surface area contributed by atoms with E-state index in [4.69, 9.17) is 0 Å². The lowest BCUT2D eigenvalue weighted by atomic mass is 10.0. The zero-order chi connectivity index (χ0) is 14.7. The molecular formula is C18H17NOS. The normalized spacial score (nSPS) is 10.7. The van der Waals surface area contributed by atoms with E-state index in [0.717, 1.165) is 10.9 Å². The highest BCUT2D eigenvalue weighted by Gasteiger charge is 2.07. The fraction of sp³-hybridized carbons (Fsp3) is 0.167. The Kier molecular flexibility index (Phi) is 4.02. The molecule has 0 saturated carbocycles. The maximum atomic E-state index is 12.2. The fourth-order valence-corrected chi connectivity index (χ4v) is 3.29. The van der Waals surface area contributed by atoms with Gasteiger partial charge < -0.3 is 5.32 Å². The molecule has 1 heterocycles. The number of aryl methyl sites for hydroxylation is 1. The third-order valence-corrected chi connectivity index (χ3v) is 4.67. The van der Waals surface area contributed by atoms with Gasteiger partial charge in [0.25, 0.3) is 0 Å². The van der Waals surface area contributed by atoms with Gasteiger partial charge in [-0.05, 0) is 40.3 Å². The third kappa shape index (κ3) is 3.14. The second-order valence-electron chi connectivity index (χ2n) is 5.12. The van der Waals surface area contributed by atoms with Crippen molar-refractivity contribution in [2.45, 2.75) is 19.9 Å². The Hall–Kier alpha value is -2.13. The Bertz CT molecular complexity index is 770. The number of benzene rings is 2. The van der Waals surface area contributed by atoms with Gasteiger partial charge in [-0.25, -0.2) is 0 Å². The molecule has 2 aromatic carbocycles. The summed E-state index contributed by atoms with van der Waals surface area (Å²) < 4.78 is 0. The van der Waals surface area contributed by atoms with Gasteiger partial charge in [0.1, 0.15) is 0 Å². The zero-order valence-corrected chi connectivity index (χ0v) is 12.7. The zero-order valence-electron chi connectivity index (χ0n) is 11.9. The predicted octanol–water partition coefficient (Wildman–Crippen LogP) is 4.07. The van der Waals surface area contributed by atoms with Crippen LogP contribution in [0, 0.1) is 6.92 Å². The van der Waals surface area contributed by atoms with Gasteiger partial charge in [-0.1, -0.05) is 42.5 Å². The van der Waals surface area contributed by atoms with Crippen LogP contribution in [0.3, 0.4) is 0 Å². The molecule has 3 aromatic rings. The van der Waals surface area contributed by atoms with Crippen molar-refractivity contribution in [3.63, 3.8) is 0 Å². The molecule has 0 unspecified atom stereocenters. The largest absolute Gasteiger partial charge is 0.351 e. The van der Waals surface area contributed by atoms with Crippen LogP contribution in [0.15, 0.2) is 53.9 Å². The summed E-state index contributed by atoms with van der Waals surface area (Å²) in [6, 6.07) is 16.4. The van der Waals surface area contributed by atoms with E-state index < -0.39 is 0 Å². The highest BCUT2D eigenvalue weighted by Crippen LogP contribution is 2.19. The number of thiophene rings is 1. The van der Waals surface area contributed by atoms with Crippen molar-refractivity contribution in [3.05, 3.63) is 69.9 Å². The van der Waals surface area contributed by atoms with Crippen LogP contribution in [0.2, 0.25) is 0 Å². The van der Waals surface area contributed by atoms with Crippen molar-refractivity contribution in [2.75, 3.05) is 0 Å². The molecule has 0 bridgehead atoms. The number of hydrogen-bond acceptors (Lipinski definition) is 2. The van der Waals surface area contributed by atoms with E-state index in [1.807, 2.05) is 24.3 Å². The third-order valence-electron chi connectivity index (χ3n) is 3.65. The van der Waals surface area contributed by atoms with E-state index in [-0.39, 0.29) is 5.91 Å². The Morgan fingerprint density at radius 2 is 1.90 bits per heavy atom. The Labute approximate surface area is 128 Å². The SMILES string of the molecule is Cc1ccsc1CNC(=O)Cc1cccc2ccccc12. The maximum absolute atomic E-state index is 12.2. The second-order valence-corrected chi connectivity index (χ2v) is 6.12. The van der Waals surface area contributed by atoms with Crippen molar-refractivity contribution < 1.29 is 4.79 Å². The van der Waals surface area contributed by atoms with Crippen LogP contribution in [0.4, 0.5) is 0 Å². The molecule has 0 radical (unpaired) electrons. The molecule has 0 aliphatic carbocycles. The molecule has 106 valence electrons. The molecule has 0 atom stereocenters. The van der Waals surface area contributed by atoms with Crippen LogP contribution >= 0.6 is 11.3 Å². The van der Waals surface area contributed by atoms with E-state index in [2.05, 4.69) is 41.9 Å². The molecule has 1 N–H and O–H groups in total. The maximum Gasteiger partial charge on any atom is 0.224 e. The van der Waals surface area contributed by atoms with Crippen molar-refractivity contribution in [3.8, 4) is 0 Å². The van der Waals surface area contributed by atoms with Crippen LogP contribution in [0.25, 0.3) is 10.8 Å². The predicted molar refractivity (Wildman–Crippen MR) is 88.6 cm³/mol. The van der Waals surface area contributed by atoms with Crippen molar-refractivity contribution in [1.29, 1.82) is 0 Å². The molecule has 3 rings (SSSR count). The first-order chi connectivity index (χ1) is 10.2. The monoisotopic (exact) mass is 295 g/mol. The van der Waals surface area contributed by atoms with Crippen LogP contribution in [-0.4, -0.2) is 5.91 Å². The van der Waals surface area contributed by atoms with Gasteiger partial charge >= 0.3 is 0 Å². The molecule has 2 nitrogen and oxygen atoms in total. The minimum absolute atomic E-state index is 0.0687. The number of nitrogens with one attached hydrogen (secondary N) is 1. The Morgan fingerprint density at radius 3 is 2.71 bits per heavy atom. The van der Waals surface area contributed by atoms with E-state index in [0.29, 0.717) is 13.0 Å². The van der Waals surface area contributed by atoms with Gasteiger partial charge in [0, 0.05) is 4.88 Å². The highest BCUT2D eigenvalue weighted by atomic mass is 32.1. The van der Waals surface area contributed by atoms with E-state index in [1.165, 1.54) is 15.8 Å². The van der Waals surface area contributed by atoms with E-state index >= 15 is 0 Å². The van der Waals surface area contributed by atoms with Crippen molar-refractivity contribution in [1.82, 2.24) is 5.32 Å². The average Bonchev–Trinajstić information content (AvgIpc) is 2.91. The lowest BCUT2D eigenvalue weighted by molar-refractivity contribution is -0.120. The van der Waals surface area contributed by atoms with E-state index in [9.17, 15) is 4.79 Å². The first kappa shape index (κ1) is 13.8. The van der Waals surface area contributed by atoms with Gasteiger partial charge in [-0.15, -0.1) is 11.3 Å². The number of hydrogen-bond donors (Lipinski definition) is 1. The molecule has 3 heteroatoms. The summed E-state index contributed by atoms with van der Waals surface area (Å²) in [5.74, 6) is 0.0687. The molecule has 0 fully saturated rings. The number of rotatable bonds is 4. The fourth-order valence-electron chi connectivity index (χ4n) is 2.45. The lowest BCUT2D eigenvalue weighted by Gasteiger charge is -2.08. The van der Waals surface area contributed by atoms with E-state index in [1.54, 1.807) is 11.3 Å². The number of amides is 1. The molecule has 0 aliphatic heterocycles. The molecular weight excluding hydrogens is 278 g/mol. The first-order valence-electron chi connectivity index (χ1n) is 7.00. The number of fused-ring (bicyclic) bond motifs is 1. The number of carbonyl (C=O) groups excluding carboxylic acids is 1. The topological polar surface area (TPSA) is 29.1 Å². The Morgan fingerprint density at radius 1 is 1.10 bits per heavy atom. The van der Waals surface area contributed by atoms with Crippen LogP contribution < -0.4 is 5.32 Å². The smallest absolute Gasteiger partial charge is 0.224 e. The van der Waals surface area contributed by atoms with Crippen molar-refractivity contribution >= 4 is 28.0 Å². The molecule has 0 saturated heterocycles. The van der Waals surface area contributed by atoms with Crippen LogP contribution in [-0.2, 0) is 17.8 Å². The van der Waals surface area contributed by atoms with Crippen molar-refractivity contribution in [2.24, 2.45) is 0 Å². The summed E-state index contributed by atoms with van der Waals surface area (Å²) in [5.41, 5.74) is 2.32. The molecule has 1 amide bonds. The van der Waals surface area contributed by atoms with Gasteiger partial charge in [0.05, 0.1) is 13.0 Å². The number of carbonyl (C=O) groups is 1. The summed E-state index contributed by atoms with van der Waals surface area (Å²) in [7, 11) is 0. The van der Waals surface area contributed by atoms with Gasteiger partial charge in [0.15, 0.2) is 0 Å². The van der Waals surface area contributed by atoms with Gasteiger partial charge in [-0.2, -0.15) is 0 Å². The molecule has 0 spiro atoms. The van der Waals surface area contributed by atoms with Crippen LogP contribution in [0.5, 0.6) is 0 Å². The highest BCUT2D eigenvalue weighted by molar-refractivity contribution is 7.10. The van der Waals surface area contributed by atoms with Gasteiger partial charge in [0.2, 0.25) is 5.91 Å². The van der Waals surface area contributed by atoms with Gasteiger partial charge in [-0.3, -0.25) is 4.79 Å². The average molecular weight is 295 g/mol. The standard InChI is InChI=1S/C18H17NOS/c1-13-9-10-21-17(13)12-19-18(20)11-15-7-4-6-14-5-2-3-8-16(14)15/h2-10H,11-12H2,1H3,(H,19,20). The summed E-state index contributed by atoms with van der Waals surface area (Å²) in [6.45, 7) is 2.69. The summed E-state index contributed by atoms with van der Waals surface area (Å²) in [4.78, 5) is 13.4. The molecule has 21 heavy (non-hydrogen) atoms. The molecule has 1 aromatic heterocycles. The minimum Gasteiger partial charge on any atom is -0.351 e. The quantitative estimate of drug-likeness (QED) is 0.772. The minimum atomic E-state index is 0.0687. The second kappa shape index (κ2) is 6.10. The summed E-state index contributed by atoms with van der Waals surface area (Å²) >= 11 is 1.69. The lowest BCUT2D eigenvalue weighted by Crippen LogP contribution is -2.24. The summed E-state index contributed by atoms with van der Waals surface area (Å²) in [6.07, 6.45) is 0.422. The summed E-state index contributed by atoms with van der Waals surface area (Å²) in [5, 5.41) is 7.40. The Balaban J connectivity index is 1.70. The first-order valence-corrected chi connectivity index (χ1v) is 7.88.